The Balaban J connectivity index is 2.10. The Hall–Kier alpha value is -1.71. The van der Waals surface area contributed by atoms with Gasteiger partial charge in [0.05, 0.1) is 13.0 Å². The Morgan fingerprint density at radius 1 is 1.29 bits per heavy atom. The van der Waals surface area contributed by atoms with Crippen LogP contribution in [0.5, 0.6) is 11.5 Å². The molecule has 4 nitrogen and oxygen atoms in total. The van der Waals surface area contributed by atoms with Crippen LogP contribution in [0.25, 0.3) is 0 Å². The third-order valence-electron chi connectivity index (χ3n) is 5.54. The fourth-order valence-corrected chi connectivity index (χ4v) is 3.57. The normalized spacial score (nSPS) is 20.9. The van der Waals surface area contributed by atoms with Gasteiger partial charge in [-0.2, -0.15) is 0 Å². The summed E-state index contributed by atoms with van der Waals surface area (Å²) < 4.78 is 11.2. The van der Waals surface area contributed by atoms with Crippen LogP contribution >= 0.6 is 0 Å². The van der Waals surface area contributed by atoms with Gasteiger partial charge < -0.3 is 14.6 Å². The molecule has 0 saturated heterocycles. The van der Waals surface area contributed by atoms with Crippen LogP contribution in [0.4, 0.5) is 0 Å². The molecule has 1 aliphatic rings. The zero-order chi connectivity index (χ0) is 18.1. The lowest BCUT2D eigenvalue weighted by Crippen LogP contribution is -2.37. The van der Waals surface area contributed by atoms with Crippen LogP contribution in [-0.4, -0.2) is 23.8 Å². The molecule has 1 aliphatic heterocycles. The number of hydrogen-bond acceptors (Lipinski definition) is 4. The summed E-state index contributed by atoms with van der Waals surface area (Å²) in [5, 5.41) is 10.3. The molecule has 0 bridgehead atoms. The predicted molar refractivity (Wildman–Crippen MR) is 94.7 cm³/mol. The molecular weight excluding hydrogens is 304 g/mol. The smallest absolute Gasteiger partial charge is 0.308 e. The number of methoxy groups -OCH3 is 1. The van der Waals surface area contributed by atoms with Gasteiger partial charge in [-0.05, 0) is 76.5 Å². The zero-order valence-corrected chi connectivity index (χ0v) is 15.8. The first-order valence-electron chi connectivity index (χ1n) is 8.78. The van der Waals surface area contributed by atoms with E-state index in [2.05, 4.69) is 6.92 Å². The van der Waals surface area contributed by atoms with Crippen LogP contribution < -0.4 is 4.74 Å². The van der Waals surface area contributed by atoms with E-state index in [4.69, 9.17) is 9.47 Å². The maximum atomic E-state index is 11.5. The summed E-state index contributed by atoms with van der Waals surface area (Å²) in [6.45, 7) is 9.97. The number of fused-ring (bicyclic) bond motifs is 1. The van der Waals surface area contributed by atoms with E-state index in [1.165, 1.54) is 7.11 Å². The molecule has 1 aromatic rings. The van der Waals surface area contributed by atoms with E-state index in [0.29, 0.717) is 5.75 Å². The molecule has 0 aromatic heterocycles. The maximum Gasteiger partial charge on any atom is 0.308 e. The summed E-state index contributed by atoms with van der Waals surface area (Å²) in [4.78, 5) is 11.5. The van der Waals surface area contributed by atoms with E-state index in [1.807, 2.05) is 27.7 Å². The average molecular weight is 334 g/mol. The quantitative estimate of drug-likeness (QED) is 0.812. The highest BCUT2D eigenvalue weighted by molar-refractivity contribution is 5.71. The van der Waals surface area contributed by atoms with Crippen molar-refractivity contribution in [2.75, 3.05) is 7.11 Å². The van der Waals surface area contributed by atoms with Crippen molar-refractivity contribution in [2.24, 2.45) is 5.92 Å². The zero-order valence-electron chi connectivity index (χ0n) is 15.8. The van der Waals surface area contributed by atoms with Gasteiger partial charge in [0.2, 0.25) is 0 Å². The molecule has 0 fully saturated rings. The molecule has 2 atom stereocenters. The summed E-state index contributed by atoms with van der Waals surface area (Å²) in [5.74, 6) is 1.12. The van der Waals surface area contributed by atoms with Crippen molar-refractivity contribution < 1.29 is 19.4 Å². The Kier molecular flexibility index (Phi) is 5.46. The number of benzene rings is 1. The number of ether oxygens (including phenoxy) is 2. The van der Waals surface area contributed by atoms with Crippen molar-refractivity contribution in [3.8, 4) is 11.5 Å². The van der Waals surface area contributed by atoms with Gasteiger partial charge in [-0.15, -0.1) is 0 Å². The van der Waals surface area contributed by atoms with Crippen molar-refractivity contribution in [1.29, 1.82) is 0 Å². The topological polar surface area (TPSA) is 55.8 Å². The lowest BCUT2D eigenvalue weighted by Gasteiger charge is -2.38. The molecule has 0 saturated carbocycles. The molecule has 4 heteroatoms. The van der Waals surface area contributed by atoms with E-state index in [0.717, 1.165) is 60.1 Å². The Morgan fingerprint density at radius 3 is 2.58 bits per heavy atom. The number of carbonyl (C=O) groups excluding carboxylic acids is 1. The van der Waals surface area contributed by atoms with Crippen LogP contribution in [-0.2, 0) is 16.0 Å². The number of phenolic OH excluding ortho intramolecular Hbond substituents is 1. The highest BCUT2D eigenvalue weighted by Crippen LogP contribution is 2.44. The third-order valence-corrected chi connectivity index (χ3v) is 5.54. The summed E-state index contributed by atoms with van der Waals surface area (Å²) in [5.41, 5.74) is 3.78. The fourth-order valence-electron chi connectivity index (χ4n) is 3.57. The lowest BCUT2D eigenvalue weighted by atomic mass is 9.84. The number of hydrogen-bond donors (Lipinski definition) is 1. The van der Waals surface area contributed by atoms with Gasteiger partial charge in [0.15, 0.2) is 0 Å². The minimum Gasteiger partial charge on any atom is -0.507 e. The van der Waals surface area contributed by atoms with Gasteiger partial charge in [-0.25, -0.2) is 0 Å². The van der Waals surface area contributed by atoms with Gasteiger partial charge >= 0.3 is 5.97 Å². The summed E-state index contributed by atoms with van der Waals surface area (Å²) in [6, 6.07) is 0. The molecule has 0 radical (unpaired) electrons. The summed E-state index contributed by atoms with van der Waals surface area (Å²) >= 11 is 0. The fraction of sp³-hybridized carbons (Fsp3) is 0.650. The molecule has 134 valence electrons. The monoisotopic (exact) mass is 334 g/mol. The number of phenols is 1. The van der Waals surface area contributed by atoms with Crippen molar-refractivity contribution in [3.05, 3.63) is 22.3 Å². The maximum absolute atomic E-state index is 11.5. The summed E-state index contributed by atoms with van der Waals surface area (Å²) in [7, 11) is 1.43. The Labute approximate surface area is 145 Å². The van der Waals surface area contributed by atoms with E-state index in [9.17, 15) is 9.90 Å². The SMILES string of the molecule is COC(=O)C(C)CCCC1(C)CCc2c(C)c(O)c(C)c(C)c2O1. The number of carbonyl (C=O) groups is 1. The van der Waals surface area contributed by atoms with E-state index in [-0.39, 0.29) is 17.5 Å². The Bertz CT molecular complexity index is 635. The average Bonchev–Trinajstić information content (AvgIpc) is 2.57. The molecule has 0 spiro atoms. The van der Waals surface area contributed by atoms with Crippen LogP contribution in [0.3, 0.4) is 0 Å². The molecule has 2 unspecified atom stereocenters. The second kappa shape index (κ2) is 7.04. The van der Waals surface area contributed by atoms with Crippen molar-refractivity contribution in [2.45, 2.75) is 72.3 Å². The van der Waals surface area contributed by atoms with Crippen LogP contribution in [0, 0.1) is 26.7 Å². The highest BCUT2D eigenvalue weighted by atomic mass is 16.5. The van der Waals surface area contributed by atoms with Crippen molar-refractivity contribution >= 4 is 5.97 Å². The first kappa shape index (κ1) is 18.6. The van der Waals surface area contributed by atoms with Gasteiger partial charge in [-0.1, -0.05) is 6.92 Å². The Morgan fingerprint density at radius 2 is 1.96 bits per heavy atom. The molecule has 0 amide bonds. The molecule has 1 aromatic carbocycles. The lowest BCUT2D eigenvalue weighted by molar-refractivity contribution is -0.145. The van der Waals surface area contributed by atoms with Gasteiger partial charge in [0, 0.05) is 5.56 Å². The van der Waals surface area contributed by atoms with Crippen LogP contribution in [0.2, 0.25) is 0 Å². The van der Waals surface area contributed by atoms with E-state index < -0.39 is 0 Å². The second-order valence-corrected chi connectivity index (χ2v) is 7.40. The highest BCUT2D eigenvalue weighted by Gasteiger charge is 2.34. The van der Waals surface area contributed by atoms with E-state index >= 15 is 0 Å². The second-order valence-electron chi connectivity index (χ2n) is 7.40. The number of rotatable bonds is 5. The van der Waals surface area contributed by atoms with Gasteiger partial charge in [0.1, 0.15) is 17.1 Å². The molecule has 2 rings (SSSR count). The number of aromatic hydroxyl groups is 1. The van der Waals surface area contributed by atoms with Crippen molar-refractivity contribution in [3.63, 3.8) is 0 Å². The van der Waals surface area contributed by atoms with Crippen LogP contribution in [0.1, 0.15) is 61.8 Å². The summed E-state index contributed by atoms with van der Waals surface area (Å²) in [6.07, 6.45) is 4.49. The standard InChI is InChI=1S/C20H30O4/c1-12(19(22)23-6)8-7-10-20(5)11-9-16-15(4)17(21)13(2)14(3)18(16)24-20/h12,21H,7-11H2,1-6H3. The molecular formula is C20H30O4. The molecule has 24 heavy (non-hydrogen) atoms. The van der Waals surface area contributed by atoms with Crippen LogP contribution in [0.15, 0.2) is 0 Å². The minimum atomic E-state index is -0.219. The largest absolute Gasteiger partial charge is 0.507 e. The molecule has 1 heterocycles. The predicted octanol–water partition coefficient (Wildman–Crippen LogP) is 4.38. The molecule has 1 N–H and O–H groups in total. The van der Waals surface area contributed by atoms with Gasteiger partial charge in [-0.3, -0.25) is 4.79 Å². The number of esters is 1. The molecule has 0 aliphatic carbocycles. The first-order chi connectivity index (χ1) is 11.2. The minimum absolute atomic E-state index is 0.0716. The third kappa shape index (κ3) is 3.52. The van der Waals surface area contributed by atoms with E-state index in [1.54, 1.807) is 0 Å². The van der Waals surface area contributed by atoms with Gasteiger partial charge in [0.25, 0.3) is 0 Å². The van der Waals surface area contributed by atoms with Crippen molar-refractivity contribution in [1.82, 2.24) is 0 Å². The first-order valence-corrected chi connectivity index (χ1v) is 8.78.